The summed E-state index contributed by atoms with van der Waals surface area (Å²) in [6.45, 7) is 1.34. The lowest BCUT2D eigenvalue weighted by molar-refractivity contribution is 0.276. The van der Waals surface area contributed by atoms with E-state index in [2.05, 4.69) is 10.3 Å². The summed E-state index contributed by atoms with van der Waals surface area (Å²) >= 11 is 0. The van der Waals surface area contributed by atoms with Gasteiger partial charge in [-0.25, -0.2) is 9.37 Å². The van der Waals surface area contributed by atoms with E-state index < -0.39 is 0 Å². The number of imidazole rings is 1. The molecule has 0 unspecified atom stereocenters. The zero-order valence-electron chi connectivity index (χ0n) is 9.78. The van der Waals surface area contributed by atoms with Crippen molar-refractivity contribution in [2.45, 2.75) is 13.0 Å². The van der Waals surface area contributed by atoms with Gasteiger partial charge < -0.3 is 15.0 Å². The number of hydrogen-bond donors (Lipinski definition) is 2. The van der Waals surface area contributed by atoms with Crippen molar-refractivity contribution in [2.75, 3.05) is 20.2 Å². The van der Waals surface area contributed by atoms with E-state index in [9.17, 15) is 4.39 Å². The van der Waals surface area contributed by atoms with Gasteiger partial charge in [0.2, 0.25) is 0 Å². The maximum absolute atomic E-state index is 13.1. The Balaban J connectivity index is 2.45. The van der Waals surface area contributed by atoms with E-state index in [1.165, 1.54) is 12.1 Å². The molecule has 0 saturated carbocycles. The summed E-state index contributed by atoms with van der Waals surface area (Å²) in [5.74, 6) is 0.584. The normalized spacial score (nSPS) is 11.2. The lowest BCUT2D eigenvalue weighted by Crippen LogP contribution is -2.15. The van der Waals surface area contributed by atoms with E-state index in [0.717, 1.165) is 24.3 Å². The van der Waals surface area contributed by atoms with Crippen molar-refractivity contribution in [3.63, 3.8) is 0 Å². The first-order chi connectivity index (χ1) is 8.26. The first-order valence-electron chi connectivity index (χ1n) is 5.66. The number of aliphatic hydroxyl groups is 1. The van der Waals surface area contributed by atoms with Crippen molar-refractivity contribution < 1.29 is 9.50 Å². The molecule has 5 heteroatoms. The van der Waals surface area contributed by atoms with Crippen LogP contribution in [0, 0.1) is 5.82 Å². The number of fused-ring (bicyclic) bond motifs is 1. The topological polar surface area (TPSA) is 50.1 Å². The van der Waals surface area contributed by atoms with Crippen LogP contribution in [-0.2, 0) is 13.0 Å². The molecule has 0 spiro atoms. The van der Waals surface area contributed by atoms with E-state index in [4.69, 9.17) is 5.11 Å². The van der Waals surface area contributed by atoms with Crippen LogP contribution >= 0.6 is 0 Å². The maximum atomic E-state index is 13.1. The molecule has 0 aliphatic heterocycles. The standard InChI is InChI=1S/C12H16FN3O/c1-14-5-4-12-15-10-8-9(13)2-3-11(10)16(12)6-7-17/h2-3,8,14,17H,4-7H2,1H3. The number of nitrogens with one attached hydrogen (secondary N) is 1. The van der Waals surface area contributed by atoms with Gasteiger partial charge >= 0.3 is 0 Å². The van der Waals surface area contributed by atoms with Crippen LogP contribution in [0.2, 0.25) is 0 Å². The molecule has 0 fully saturated rings. The third-order valence-corrected chi connectivity index (χ3v) is 2.71. The van der Waals surface area contributed by atoms with Gasteiger partial charge in [0, 0.05) is 25.6 Å². The first-order valence-corrected chi connectivity index (χ1v) is 5.66. The summed E-state index contributed by atoms with van der Waals surface area (Å²) in [5, 5.41) is 12.1. The van der Waals surface area contributed by atoms with Crippen molar-refractivity contribution in [3.05, 3.63) is 29.8 Å². The SMILES string of the molecule is CNCCc1nc2cc(F)ccc2n1CCO. The number of rotatable bonds is 5. The number of benzene rings is 1. The molecule has 0 bridgehead atoms. The van der Waals surface area contributed by atoms with Gasteiger partial charge in [0.1, 0.15) is 11.6 Å². The Morgan fingerprint density at radius 2 is 2.29 bits per heavy atom. The molecular formula is C12H16FN3O. The molecule has 0 amide bonds. The summed E-state index contributed by atoms with van der Waals surface area (Å²) in [5.41, 5.74) is 1.51. The summed E-state index contributed by atoms with van der Waals surface area (Å²) < 4.78 is 15.0. The van der Waals surface area contributed by atoms with Crippen molar-refractivity contribution in [1.82, 2.24) is 14.9 Å². The third-order valence-electron chi connectivity index (χ3n) is 2.71. The van der Waals surface area contributed by atoms with Crippen LogP contribution in [0.5, 0.6) is 0 Å². The van der Waals surface area contributed by atoms with Gasteiger partial charge in [-0.1, -0.05) is 0 Å². The van der Waals surface area contributed by atoms with Gasteiger partial charge in [-0.15, -0.1) is 0 Å². The van der Waals surface area contributed by atoms with E-state index in [0.29, 0.717) is 12.1 Å². The fourth-order valence-electron chi connectivity index (χ4n) is 1.93. The molecule has 1 aromatic carbocycles. The van der Waals surface area contributed by atoms with Gasteiger partial charge in [0.25, 0.3) is 0 Å². The largest absolute Gasteiger partial charge is 0.395 e. The molecule has 1 heterocycles. The third kappa shape index (κ3) is 2.45. The maximum Gasteiger partial charge on any atom is 0.125 e. The summed E-state index contributed by atoms with van der Waals surface area (Å²) in [6.07, 6.45) is 0.757. The Morgan fingerprint density at radius 3 is 3.00 bits per heavy atom. The fraction of sp³-hybridized carbons (Fsp3) is 0.417. The summed E-state index contributed by atoms with van der Waals surface area (Å²) in [7, 11) is 1.87. The molecule has 1 aromatic heterocycles. The average molecular weight is 237 g/mol. The molecule has 2 N–H and O–H groups in total. The molecule has 92 valence electrons. The second-order valence-electron chi connectivity index (χ2n) is 3.89. The minimum Gasteiger partial charge on any atom is -0.395 e. The van der Waals surface area contributed by atoms with Crippen LogP contribution in [0.25, 0.3) is 11.0 Å². The average Bonchev–Trinajstić information content (AvgIpc) is 2.64. The highest BCUT2D eigenvalue weighted by atomic mass is 19.1. The predicted octanol–water partition coefficient (Wildman–Crippen LogP) is 0.930. The quantitative estimate of drug-likeness (QED) is 0.813. The van der Waals surface area contributed by atoms with Gasteiger partial charge in [0.15, 0.2) is 0 Å². The van der Waals surface area contributed by atoms with Crippen LogP contribution in [0.3, 0.4) is 0 Å². The molecule has 0 radical (unpaired) electrons. The minimum absolute atomic E-state index is 0.0510. The second-order valence-corrected chi connectivity index (χ2v) is 3.89. The minimum atomic E-state index is -0.286. The van der Waals surface area contributed by atoms with Crippen LogP contribution < -0.4 is 5.32 Å². The molecule has 2 rings (SSSR count). The van der Waals surface area contributed by atoms with Crippen LogP contribution in [0.15, 0.2) is 18.2 Å². The van der Waals surface area contributed by atoms with Crippen molar-refractivity contribution in [2.24, 2.45) is 0 Å². The predicted molar refractivity (Wildman–Crippen MR) is 64.4 cm³/mol. The number of likely N-dealkylation sites (N-methyl/N-ethyl adjacent to an activating group) is 1. The molecular weight excluding hydrogens is 221 g/mol. The molecule has 0 aliphatic rings. The lowest BCUT2D eigenvalue weighted by atomic mass is 10.3. The van der Waals surface area contributed by atoms with E-state index in [1.54, 1.807) is 6.07 Å². The number of hydrogen-bond acceptors (Lipinski definition) is 3. The zero-order chi connectivity index (χ0) is 12.3. The molecule has 4 nitrogen and oxygen atoms in total. The van der Waals surface area contributed by atoms with E-state index >= 15 is 0 Å². The highest BCUT2D eigenvalue weighted by molar-refractivity contribution is 5.76. The Bertz CT molecular complexity index is 510. The van der Waals surface area contributed by atoms with Crippen molar-refractivity contribution in [3.8, 4) is 0 Å². The number of aromatic nitrogens is 2. The van der Waals surface area contributed by atoms with Crippen molar-refractivity contribution in [1.29, 1.82) is 0 Å². The fourth-order valence-corrected chi connectivity index (χ4v) is 1.93. The van der Waals surface area contributed by atoms with Gasteiger partial charge in [-0.3, -0.25) is 0 Å². The van der Waals surface area contributed by atoms with Crippen LogP contribution in [0.4, 0.5) is 4.39 Å². The zero-order valence-corrected chi connectivity index (χ0v) is 9.78. The Hall–Kier alpha value is -1.46. The summed E-state index contributed by atoms with van der Waals surface area (Å²) in [6, 6.07) is 4.54. The van der Waals surface area contributed by atoms with Gasteiger partial charge in [-0.2, -0.15) is 0 Å². The Kier molecular flexibility index (Phi) is 3.71. The second kappa shape index (κ2) is 5.25. The molecule has 0 aliphatic carbocycles. The van der Waals surface area contributed by atoms with E-state index in [1.807, 2.05) is 11.6 Å². The molecule has 2 aromatic rings. The highest BCUT2D eigenvalue weighted by Crippen LogP contribution is 2.17. The number of aliphatic hydroxyl groups excluding tert-OH is 1. The smallest absolute Gasteiger partial charge is 0.125 e. The van der Waals surface area contributed by atoms with Gasteiger partial charge in [-0.05, 0) is 19.2 Å². The number of halogens is 1. The van der Waals surface area contributed by atoms with Crippen LogP contribution in [0.1, 0.15) is 5.82 Å². The van der Waals surface area contributed by atoms with Crippen LogP contribution in [-0.4, -0.2) is 34.9 Å². The Labute approximate surface area is 99.1 Å². The molecule has 17 heavy (non-hydrogen) atoms. The molecule has 0 saturated heterocycles. The number of nitrogens with zero attached hydrogens (tertiary/aromatic N) is 2. The molecule has 0 atom stereocenters. The van der Waals surface area contributed by atoms with E-state index in [-0.39, 0.29) is 12.4 Å². The first kappa shape index (κ1) is 12.0. The van der Waals surface area contributed by atoms with Crippen molar-refractivity contribution >= 4 is 11.0 Å². The Morgan fingerprint density at radius 1 is 1.47 bits per heavy atom. The summed E-state index contributed by atoms with van der Waals surface area (Å²) in [4.78, 5) is 4.40. The monoisotopic (exact) mass is 237 g/mol. The van der Waals surface area contributed by atoms with Gasteiger partial charge in [0.05, 0.1) is 17.6 Å². The highest BCUT2D eigenvalue weighted by Gasteiger charge is 2.10. The lowest BCUT2D eigenvalue weighted by Gasteiger charge is -2.06.